The van der Waals surface area contributed by atoms with E-state index in [-0.39, 0.29) is 21.6 Å². The van der Waals surface area contributed by atoms with Crippen LogP contribution in [0.15, 0.2) is 59.8 Å². The fourth-order valence-electron chi connectivity index (χ4n) is 2.04. The van der Waals surface area contributed by atoms with E-state index in [0.29, 0.717) is 5.56 Å². The molecule has 9 heteroatoms. The highest BCUT2D eigenvalue weighted by Gasteiger charge is 2.22. The van der Waals surface area contributed by atoms with E-state index >= 15 is 0 Å². The zero-order chi connectivity index (χ0) is 17.9. The molecule has 1 amide bonds. The van der Waals surface area contributed by atoms with Gasteiger partial charge in [0.25, 0.3) is 11.1 Å². The second-order valence-electron chi connectivity index (χ2n) is 5.09. The molecule has 0 saturated carbocycles. The first kappa shape index (κ1) is 17.2. The summed E-state index contributed by atoms with van der Waals surface area (Å²) >= 11 is 0.748. The summed E-state index contributed by atoms with van der Waals surface area (Å²) in [4.78, 5) is 15.9. The molecule has 1 aromatic heterocycles. The average Bonchev–Trinajstić information content (AvgIpc) is 3.05. The van der Waals surface area contributed by atoms with E-state index in [1.54, 1.807) is 30.3 Å². The molecule has 2 aromatic carbocycles. The van der Waals surface area contributed by atoms with Gasteiger partial charge in [-0.2, -0.15) is 9.36 Å². The fourth-order valence-corrected chi connectivity index (χ4v) is 4.13. The van der Waals surface area contributed by atoms with Crippen LogP contribution in [-0.4, -0.2) is 23.7 Å². The van der Waals surface area contributed by atoms with Crippen molar-refractivity contribution >= 4 is 32.4 Å². The first-order valence-electron chi connectivity index (χ1n) is 7.11. The first-order chi connectivity index (χ1) is 11.9. The van der Waals surface area contributed by atoms with Gasteiger partial charge in [-0.25, -0.2) is 12.8 Å². The summed E-state index contributed by atoms with van der Waals surface area (Å²) in [6.07, 6.45) is 0. The van der Waals surface area contributed by atoms with Crippen LogP contribution in [0.1, 0.15) is 15.9 Å². The lowest BCUT2D eigenvalue weighted by Gasteiger charge is -2.01. The van der Waals surface area contributed by atoms with E-state index in [1.165, 1.54) is 18.2 Å². The van der Waals surface area contributed by atoms with Crippen molar-refractivity contribution in [2.45, 2.75) is 10.9 Å². The molecule has 6 nitrogen and oxygen atoms in total. The van der Waals surface area contributed by atoms with Crippen molar-refractivity contribution in [3.05, 3.63) is 71.5 Å². The van der Waals surface area contributed by atoms with Crippen molar-refractivity contribution < 1.29 is 17.6 Å². The minimum atomic E-state index is -3.72. The van der Waals surface area contributed by atoms with E-state index in [2.05, 4.69) is 14.7 Å². The summed E-state index contributed by atoms with van der Waals surface area (Å²) in [6, 6.07) is 13.8. The molecule has 1 N–H and O–H groups in total. The van der Waals surface area contributed by atoms with E-state index in [4.69, 9.17) is 0 Å². The van der Waals surface area contributed by atoms with Gasteiger partial charge >= 0.3 is 0 Å². The summed E-state index contributed by atoms with van der Waals surface area (Å²) in [5.74, 6) is -1.37. The van der Waals surface area contributed by atoms with Crippen LogP contribution in [0.25, 0.3) is 0 Å². The van der Waals surface area contributed by atoms with E-state index in [1.807, 2.05) is 0 Å². The molecule has 25 heavy (non-hydrogen) atoms. The SMILES string of the molecule is O=C(Nc1nc(S(=O)(=O)Cc2ccccc2)ns1)c1cccc(F)c1. The molecule has 0 aliphatic rings. The van der Waals surface area contributed by atoms with Crippen molar-refractivity contribution in [3.63, 3.8) is 0 Å². The Morgan fingerprint density at radius 1 is 1.12 bits per heavy atom. The third-order valence-electron chi connectivity index (χ3n) is 3.19. The van der Waals surface area contributed by atoms with Gasteiger partial charge in [-0.3, -0.25) is 10.1 Å². The number of rotatable bonds is 5. The molecule has 0 unspecified atom stereocenters. The van der Waals surface area contributed by atoms with Crippen LogP contribution >= 0.6 is 11.5 Å². The third-order valence-corrected chi connectivity index (χ3v) is 5.39. The third kappa shape index (κ3) is 4.25. The molecule has 3 aromatic rings. The molecule has 1 heterocycles. The van der Waals surface area contributed by atoms with Crippen LogP contribution in [0.2, 0.25) is 0 Å². The Morgan fingerprint density at radius 3 is 2.60 bits per heavy atom. The van der Waals surface area contributed by atoms with Gasteiger partial charge in [-0.15, -0.1) is 0 Å². The Bertz CT molecular complexity index is 1000. The van der Waals surface area contributed by atoms with Crippen LogP contribution < -0.4 is 5.32 Å². The normalized spacial score (nSPS) is 11.2. The standard InChI is InChI=1S/C16H12FN3O3S2/c17-13-8-4-7-12(9-13)14(21)18-15-19-16(20-24-15)25(22,23)10-11-5-2-1-3-6-11/h1-9H,10H2,(H,18,19,20,21). The molecule has 0 aliphatic carbocycles. The molecule has 0 fully saturated rings. The topological polar surface area (TPSA) is 89.0 Å². The number of carbonyl (C=O) groups excluding carboxylic acids is 1. The molecule has 0 atom stereocenters. The van der Waals surface area contributed by atoms with Gasteiger partial charge in [0.15, 0.2) is 0 Å². The number of aromatic nitrogens is 2. The Hall–Kier alpha value is -2.65. The van der Waals surface area contributed by atoms with Crippen molar-refractivity contribution in [1.29, 1.82) is 0 Å². The van der Waals surface area contributed by atoms with Crippen molar-refractivity contribution in [3.8, 4) is 0 Å². The summed E-state index contributed by atoms with van der Waals surface area (Å²) in [6.45, 7) is 0. The molecular formula is C16H12FN3O3S2. The van der Waals surface area contributed by atoms with Gasteiger partial charge in [-0.1, -0.05) is 36.4 Å². The van der Waals surface area contributed by atoms with Crippen LogP contribution in [-0.2, 0) is 15.6 Å². The maximum Gasteiger partial charge on any atom is 0.261 e. The number of anilines is 1. The van der Waals surface area contributed by atoms with Crippen LogP contribution in [0, 0.1) is 5.82 Å². The molecular weight excluding hydrogens is 365 g/mol. The van der Waals surface area contributed by atoms with Gasteiger partial charge in [-0.05, 0) is 23.8 Å². The molecule has 0 spiro atoms. The van der Waals surface area contributed by atoms with Gasteiger partial charge in [0.1, 0.15) is 5.82 Å². The minimum absolute atomic E-state index is 0.0286. The van der Waals surface area contributed by atoms with Gasteiger partial charge in [0.2, 0.25) is 15.0 Å². The van der Waals surface area contributed by atoms with Crippen LogP contribution in [0.5, 0.6) is 0 Å². The van der Waals surface area contributed by atoms with Gasteiger partial charge in [0, 0.05) is 17.1 Å². The molecule has 0 saturated heterocycles. The first-order valence-corrected chi connectivity index (χ1v) is 9.54. The van der Waals surface area contributed by atoms with Gasteiger partial charge < -0.3 is 0 Å². The maximum atomic E-state index is 13.1. The molecule has 0 aliphatic heterocycles. The van der Waals surface area contributed by atoms with Crippen molar-refractivity contribution in [2.75, 3.05) is 5.32 Å². The predicted molar refractivity (Wildman–Crippen MR) is 91.6 cm³/mol. The Morgan fingerprint density at radius 2 is 1.88 bits per heavy atom. The summed E-state index contributed by atoms with van der Waals surface area (Å²) in [5.41, 5.74) is 0.714. The lowest BCUT2D eigenvalue weighted by atomic mass is 10.2. The quantitative estimate of drug-likeness (QED) is 0.738. The molecule has 0 bridgehead atoms. The highest BCUT2D eigenvalue weighted by atomic mass is 32.2. The monoisotopic (exact) mass is 377 g/mol. The predicted octanol–water partition coefficient (Wildman–Crippen LogP) is 2.90. The second-order valence-corrected chi connectivity index (χ2v) is 7.73. The van der Waals surface area contributed by atoms with E-state index in [0.717, 1.165) is 17.6 Å². The highest BCUT2D eigenvalue weighted by Crippen LogP contribution is 2.19. The Kier molecular flexibility index (Phi) is 4.86. The number of amides is 1. The summed E-state index contributed by atoms with van der Waals surface area (Å²) in [7, 11) is -3.72. The molecule has 0 radical (unpaired) electrons. The largest absolute Gasteiger partial charge is 0.297 e. The zero-order valence-corrected chi connectivity index (χ0v) is 14.3. The number of sulfone groups is 1. The Labute approximate surface area is 147 Å². The van der Waals surface area contributed by atoms with Crippen LogP contribution in [0.3, 0.4) is 0 Å². The van der Waals surface area contributed by atoms with E-state index in [9.17, 15) is 17.6 Å². The highest BCUT2D eigenvalue weighted by molar-refractivity contribution is 7.90. The van der Waals surface area contributed by atoms with Gasteiger partial charge in [0.05, 0.1) is 5.75 Å². The molecule has 3 rings (SSSR count). The number of nitrogens with one attached hydrogen (secondary N) is 1. The van der Waals surface area contributed by atoms with E-state index < -0.39 is 21.6 Å². The van der Waals surface area contributed by atoms with Crippen molar-refractivity contribution in [2.24, 2.45) is 0 Å². The average molecular weight is 377 g/mol. The number of halogens is 1. The fraction of sp³-hybridized carbons (Fsp3) is 0.0625. The number of nitrogens with zero attached hydrogens (tertiary/aromatic N) is 2. The van der Waals surface area contributed by atoms with Crippen molar-refractivity contribution in [1.82, 2.24) is 9.36 Å². The minimum Gasteiger partial charge on any atom is -0.297 e. The molecule has 128 valence electrons. The zero-order valence-electron chi connectivity index (χ0n) is 12.7. The summed E-state index contributed by atoms with van der Waals surface area (Å²) in [5, 5.41) is 2.09. The number of benzene rings is 2. The lowest BCUT2D eigenvalue weighted by Crippen LogP contribution is -2.12. The lowest BCUT2D eigenvalue weighted by molar-refractivity contribution is 0.102. The summed E-state index contributed by atoms with van der Waals surface area (Å²) < 4.78 is 41.6. The number of hydrogen-bond donors (Lipinski definition) is 1. The Balaban J connectivity index is 1.75. The smallest absolute Gasteiger partial charge is 0.261 e. The number of hydrogen-bond acceptors (Lipinski definition) is 6. The second kappa shape index (κ2) is 7.08. The number of carbonyl (C=O) groups is 1. The maximum absolute atomic E-state index is 13.1. The van der Waals surface area contributed by atoms with Crippen LogP contribution in [0.4, 0.5) is 9.52 Å².